The van der Waals surface area contributed by atoms with Crippen LogP contribution in [0.25, 0.3) is 20.4 Å². The summed E-state index contributed by atoms with van der Waals surface area (Å²) in [5.74, 6) is 1.80. The lowest BCUT2D eigenvalue weighted by Gasteiger charge is -2.36. The number of hydrogen-bond donors (Lipinski definition) is 1. The van der Waals surface area contributed by atoms with E-state index >= 15 is 0 Å². The van der Waals surface area contributed by atoms with E-state index in [-0.39, 0.29) is 5.60 Å². The second kappa shape index (κ2) is 8.09. The Balaban J connectivity index is 1.67. The predicted octanol–water partition coefficient (Wildman–Crippen LogP) is 2.30. The van der Waals surface area contributed by atoms with E-state index < -0.39 is 0 Å². The van der Waals surface area contributed by atoms with Crippen molar-refractivity contribution in [2.24, 2.45) is 0 Å². The van der Waals surface area contributed by atoms with Gasteiger partial charge in [-0.3, -0.25) is 0 Å². The van der Waals surface area contributed by atoms with Gasteiger partial charge in [0.2, 0.25) is 0 Å². The Morgan fingerprint density at radius 2 is 1.97 bits per heavy atom. The van der Waals surface area contributed by atoms with E-state index in [9.17, 15) is 0 Å². The van der Waals surface area contributed by atoms with Crippen LogP contribution >= 0.6 is 11.3 Å². The third-order valence-corrected chi connectivity index (χ3v) is 6.96. The number of nitrogens with one attached hydrogen (secondary N) is 1. The van der Waals surface area contributed by atoms with Gasteiger partial charge in [0.05, 0.1) is 25.4 Å². The van der Waals surface area contributed by atoms with E-state index in [0.717, 1.165) is 77.9 Å². The number of anilines is 2. The fourth-order valence-electron chi connectivity index (χ4n) is 4.27. The van der Waals surface area contributed by atoms with Gasteiger partial charge in [-0.05, 0) is 38.7 Å². The maximum Gasteiger partial charge on any atom is 0.170 e. The summed E-state index contributed by atoms with van der Waals surface area (Å²) in [6.45, 7) is 9.69. The zero-order valence-corrected chi connectivity index (χ0v) is 19.4. The van der Waals surface area contributed by atoms with Crippen molar-refractivity contribution in [1.29, 1.82) is 0 Å². The number of pyridine rings is 1. The first-order valence-corrected chi connectivity index (χ1v) is 11.6. The minimum absolute atomic E-state index is 0.231. The van der Waals surface area contributed by atoms with Crippen molar-refractivity contribution in [2.45, 2.75) is 32.5 Å². The van der Waals surface area contributed by atoms with Crippen molar-refractivity contribution >= 4 is 43.4 Å². The summed E-state index contributed by atoms with van der Waals surface area (Å²) in [5, 5.41) is 17.4. The van der Waals surface area contributed by atoms with Gasteiger partial charge in [-0.1, -0.05) is 0 Å². The molecule has 0 bridgehead atoms. The van der Waals surface area contributed by atoms with Crippen LogP contribution in [0.3, 0.4) is 0 Å². The normalized spacial score (nSPS) is 18.7. The van der Waals surface area contributed by atoms with Crippen molar-refractivity contribution in [3.63, 3.8) is 0 Å². The maximum absolute atomic E-state index is 6.20. The van der Waals surface area contributed by atoms with E-state index in [1.807, 2.05) is 0 Å². The molecule has 0 aromatic carbocycles. The Bertz CT molecular complexity index is 1110. The highest BCUT2D eigenvalue weighted by molar-refractivity contribution is 7.26. The van der Waals surface area contributed by atoms with Gasteiger partial charge in [0.15, 0.2) is 5.82 Å². The molecule has 31 heavy (non-hydrogen) atoms. The fraction of sp³-hybridized carbons (Fsp3) is 0.619. The average molecular weight is 444 g/mol. The third-order valence-electron chi connectivity index (χ3n) is 5.88. The van der Waals surface area contributed by atoms with Crippen LogP contribution in [0.2, 0.25) is 0 Å². The minimum Gasteiger partial charge on any atom is -0.378 e. The zero-order valence-electron chi connectivity index (χ0n) is 18.6. The molecule has 10 heteroatoms. The van der Waals surface area contributed by atoms with Crippen LogP contribution in [0.15, 0.2) is 0 Å². The van der Waals surface area contributed by atoms with Gasteiger partial charge < -0.3 is 24.6 Å². The molecule has 0 unspecified atom stereocenters. The molecule has 9 nitrogen and oxygen atoms in total. The lowest BCUT2D eigenvalue weighted by Crippen LogP contribution is -2.39. The summed E-state index contributed by atoms with van der Waals surface area (Å²) in [6.07, 6.45) is 0.817. The summed E-state index contributed by atoms with van der Waals surface area (Å²) in [6, 6.07) is 0. The largest absolute Gasteiger partial charge is 0.378 e. The molecular weight excluding hydrogens is 414 g/mol. The molecule has 1 saturated heterocycles. The van der Waals surface area contributed by atoms with Crippen LogP contribution in [0.4, 0.5) is 11.6 Å². The Hall–Kier alpha value is -2.14. The first kappa shape index (κ1) is 20.7. The third kappa shape index (κ3) is 3.93. The molecule has 0 radical (unpaired) electrons. The van der Waals surface area contributed by atoms with Crippen LogP contribution in [-0.4, -0.2) is 84.4 Å². The minimum atomic E-state index is -0.231. The highest BCUT2D eigenvalue weighted by atomic mass is 32.1. The summed E-state index contributed by atoms with van der Waals surface area (Å²) < 4.78 is 12.8. The van der Waals surface area contributed by atoms with Crippen LogP contribution in [0, 0.1) is 0 Å². The molecule has 2 aliphatic rings. The molecule has 0 amide bonds. The van der Waals surface area contributed by atoms with E-state index in [2.05, 4.69) is 58.5 Å². The lowest BCUT2D eigenvalue weighted by molar-refractivity contribution is -0.0396. The van der Waals surface area contributed by atoms with Gasteiger partial charge in [0.1, 0.15) is 20.9 Å². The zero-order chi connectivity index (χ0) is 21.6. The summed E-state index contributed by atoms with van der Waals surface area (Å²) in [7, 11) is 4.12. The number of aromatic nitrogens is 4. The number of morpholine rings is 1. The van der Waals surface area contributed by atoms with E-state index in [1.54, 1.807) is 11.3 Å². The molecule has 0 saturated carbocycles. The predicted molar refractivity (Wildman–Crippen MR) is 123 cm³/mol. The van der Waals surface area contributed by atoms with Crippen molar-refractivity contribution in [2.75, 3.05) is 63.7 Å². The number of rotatable bonds is 5. The molecular formula is C21H29N7O2S. The second-order valence-corrected chi connectivity index (χ2v) is 10.0. The smallest absolute Gasteiger partial charge is 0.170 e. The number of fused-ring (bicyclic) bond motifs is 5. The van der Waals surface area contributed by atoms with Crippen LogP contribution in [0.5, 0.6) is 0 Å². The van der Waals surface area contributed by atoms with Gasteiger partial charge in [-0.25, -0.2) is 4.98 Å². The van der Waals surface area contributed by atoms with Crippen molar-refractivity contribution in [3.8, 4) is 0 Å². The summed E-state index contributed by atoms with van der Waals surface area (Å²) in [4.78, 5) is 10.6. The summed E-state index contributed by atoms with van der Waals surface area (Å²) >= 11 is 1.65. The quantitative estimate of drug-likeness (QED) is 0.638. The van der Waals surface area contributed by atoms with Crippen molar-refractivity contribution in [3.05, 3.63) is 11.1 Å². The monoisotopic (exact) mass is 443 g/mol. The van der Waals surface area contributed by atoms with Gasteiger partial charge in [-0.2, -0.15) is 0 Å². The number of thiophene rings is 1. The van der Waals surface area contributed by atoms with Crippen LogP contribution in [-0.2, 0) is 22.5 Å². The van der Waals surface area contributed by atoms with E-state index in [1.165, 1.54) is 11.1 Å². The molecule has 3 aromatic rings. The molecule has 0 spiro atoms. The highest BCUT2D eigenvalue weighted by Crippen LogP contribution is 2.43. The molecule has 3 aromatic heterocycles. The first-order chi connectivity index (χ1) is 14.9. The molecule has 1 fully saturated rings. The lowest BCUT2D eigenvalue weighted by atomic mass is 9.90. The molecule has 0 atom stereocenters. The first-order valence-electron chi connectivity index (χ1n) is 10.8. The Kier molecular flexibility index (Phi) is 5.41. The molecule has 166 valence electrons. The number of nitrogens with zero attached hydrogens (tertiary/aromatic N) is 6. The van der Waals surface area contributed by atoms with Gasteiger partial charge >= 0.3 is 0 Å². The fourth-order valence-corrected chi connectivity index (χ4v) is 5.36. The molecule has 0 aliphatic carbocycles. The molecule has 2 aliphatic heterocycles. The van der Waals surface area contributed by atoms with Crippen LogP contribution in [0.1, 0.15) is 25.0 Å². The number of ether oxygens (including phenoxy) is 2. The Labute approximate surface area is 185 Å². The molecule has 5 rings (SSSR count). The molecule has 1 N–H and O–H groups in total. The van der Waals surface area contributed by atoms with Gasteiger partial charge in [-0.15, -0.1) is 21.5 Å². The number of likely N-dealkylation sites (N-methyl/N-ethyl adjacent to an activating group) is 1. The highest BCUT2D eigenvalue weighted by Gasteiger charge is 2.33. The standard InChI is InChI=1S/C21H29N7O2S/c1-21(2)11-13-14(12-30-21)19(28-7-9-29-10-8-28)23-20-15(13)16-17(31-20)18(25-26-24-16)22-5-6-27(3)4/h5-12H2,1-4H3,(H,22,24,25). The van der Waals surface area contributed by atoms with Crippen molar-refractivity contribution < 1.29 is 9.47 Å². The van der Waals surface area contributed by atoms with E-state index in [4.69, 9.17) is 14.5 Å². The SMILES string of the molecule is CN(C)CCNc1nnnc2c1sc1nc(N3CCOCC3)c3c(c12)CC(C)(C)OC3. The maximum atomic E-state index is 6.20. The topological polar surface area (TPSA) is 88.5 Å². The summed E-state index contributed by atoms with van der Waals surface area (Å²) in [5.41, 5.74) is 3.12. The van der Waals surface area contributed by atoms with Gasteiger partial charge in [0, 0.05) is 43.5 Å². The molecule has 5 heterocycles. The Morgan fingerprint density at radius 1 is 1.16 bits per heavy atom. The van der Waals surface area contributed by atoms with Gasteiger partial charge in [0.25, 0.3) is 0 Å². The van der Waals surface area contributed by atoms with E-state index in [0.29, 0.717) is 6.61 Å². The second-order valence-electron chi connectivity index (χ2n) is 9.05. The average Bonchev–Trinajstić information content (AvgIpc) is 3.12. The number of hydrogen-bond acceptors (Lipinski definition) is 10. The van der Waals surface area contributed by atoms with Crippen molar-refractivity contribution in [1.82, 2.24) is 25.3 Å². The Morgan fingerprint density at radius 3 is 2.74 bits per heavy atom. The van der Waals surface area contributed by atoms with Crippen LogP contribution < -0.4 is 10.2 Å².